The number of fused-ring (bicyclic) bond motifs is 1. The number of rotatable bonds is 0. The van der Waals surface area contributed by atoms with E-state index in [0.29, 0.717) is 11.0 Å². The van der Waals surface area contributed by atoms with Crippen LogP contribution in [0.25, 0.3) is 11.0 Å². The first kappa shape index (κ1) is 9.83. The molecule has 0 aromatic carbocycles. The molecule has 4 heteroatoms. The van der Waals surface area contributed by atoms with E-state index in [1.807, 2.05) is 6.07 Å². The van der Waals surface area contributed by atoms with E-state index < -0.39 is 0 Å². The molecule has 0 amide bonds. The molecule has 0 aliphatic heterocycles. The predicted octanol–water partition coefficient (Wildman–Crippen LogP) is 1.62. The summed E-state index contributed by atoms with van der Waals surface area (Å²) >= 11 is 0. The van der Waals surface area contributed by atoms with Gasteiger partial charge >= 0.3 is 0 Å². The minimum Gasteiger partial charge on any atom is -0.311 e. The molecule has 2 aromatic heterocycles. The van der Waals surface area contributed by atoms with Gasteiger partial charge < -0.3 is 4.98 Å². The molecular weight excluding hydrogens is 190 g/mol. The van der Waals surface area contributed by atoms with E-state index >= 15 is 0 Å². The number of aromatic amines is 1. The van der Waals surface area contributed by atoms with Gasteiger partial charge in [-0.25, -0.2) is 9.97 Å². The van der Waals surface area contributed by atoms with E-state index in [1.165, 1.54) is 6.33 Å². The summed E-state index contributed by atoms with van der Waals surface area (Å²) in [6.45, 7) is 6.26. The summed E-state index contributed by atoms with van der Waals surface area (Å²) in [6.07, 6.45) is 3.07. The molecule has 0 saturated heterocycles. The van der Waals surface area contributed by atoms with E-state index in [4.69, 9.17) is 0 Å². The minimum absolute atomic E-state index is 0.0397. The lowest BCUT2D eigenvalue weighted by molar-refractivity contribution is 0.594. The van der Waals surface area contributed by atoms with E-state index in [2.05, 4.69) is 35.7 Å². The van der Waals surface area contributed by atoms with Crippen molar-refractivity contribution in [1.82, 2.24) is 15.0 Å². The first-order valence-corrected chi connectivity index (χ1v) is 4.83. The van der Waals surface area contributed by atoms with Crippen LogP contribution in [-0.4, -0.2) is 15.0 Å². The van der Waals surface area contributed by atoms with E-state index in [9.17, 15) is 4.79 Å². The Morgan fingerprint density at radius 1 is 1.20 bits per heavy atom. The normalized spacial score (nSPS) is 11.9. The third kappa shape index (κ3) is 1.63. The zero-order valence-electron chi connectivity index (χ0n) is 9.03. The Balaban J connectivity index is 2.89. The third-order valence-electron chi connectivity index (χ3n) is 2.34. The largest absolute Gasteiger partial charge is 0.311 e. The maximum Gasteiger partial charge on any atom is 0.277 e. The van der Waals surface area contributed by atoms with Crippen molar-refractivity contribution in [2.24, 2.45) is 0 Å². The summed E-state index contributed by atoms with van der Waals surface area (Å²) in [5, 5.41) is 0. The topological polar surface area (TPSA) is 58.6 Å². The number of hydrogen-bond acceptors (Lipinski definition) is 3. The maximum absolute atomic E-state index is 11.5. The molecule has 0 unspecified atom stereocenters. The highest BCUT2D eigenvalue weighted by molar-refractivity contribution is 5.77. The molecule has 0 saturated carbocycles. The van der Waals surface area contributed by atoms with Gasteiger partial charge in [-0.2, -0.15) is 0 Å². The van der Waals surface area contributed by atoms with Crippen LogP contribution in [0.1, 0.15) is 26.3 Å². The van der Waals surface area contributed by atoms with Crippen molar-refractivity contribution < 1.29 is 0 Å². The summed E-state index contributed by atoms with van der Waals surface area (Å²) in [6, 6.07) is 1.91. The molecule has 0 aliphatic rings. The Morgan fingerprint density at radius 2 is 1.93 bits per heavy atom. The number of aromatic nitrogens is 3. The second kappa shape index (κ2) is 3.15. The lowest BCUT2D eigenvalue weighted by Crippen LogP contribution is -2.16. The van der Waals surface area contributed by atoms with Crippen molar-refractivity contribution in [2.45, 2.75) is 26.2 Å². The van der Waals surface area contributed by atoms with Gasteiger partial charge in [0, 0.05) is 6.20 Å². The molecule has 0 spiro atoms. The number of nitrogens with zero attached hydrogens (tertiary/aromatic N) is 2. The highest BCUT2D eigenvalue weighted by Crippen LogP contribution is 2.25. The van der Waals surface area contributed by atoms with Crippen molar-refractivity contribution in [3.63, 3.8) is 0 Å². The Kier molecular flexibility index (Phi) is 2.07. The van der Waals surface area contributed by atoms with E-state index in [0.717, 1.165) is 5.56 Å². The number of H-pyrrole nitrogens is 1. The molecule has 0 bridgehead atoms. The Morgan fingerprint density at radius 3 is 2.60 bits per heavy atom. The third-order valence-corrected chi connectivity index (χ3v) is 2.34. The molecule has 2 heterocycles. The van der Waals surface area contributed by atoms with Crippen LogP contribution in [0.2, 0.25) is 0 Å². The molecule has 0 fully saturated rings. The lowest BCUT2D eigenvalue weighted by atomic mass is 9.87. The highest BCUT2D eigenvalue weighted by Gasteiger charge is 2.18. The molecule has 0 radical (unpaired) electrons. The van der Waals surface area contributed by atoms with Crippen LogP contribution in [0.4, 0.5) is 0 Å². The lowest BCUT2D eigenvalue weighted by Gasteiger charge is -2.19. The summed E-state index contributed by atoms with van der Waals surface area (Å²) in [5.74, 6) is 0. The van der Waals surface area contributed by atoms with Crippen molar-refractivity contribution in [1.29, 1.82) is 0 Å². The molecule has 2 aromatic rings. The van der Waals surface area contributed by atoms with Gasteiger partial charge in [-0.05, 0) is 17.0 Å². The molecule has 0 aliphatic carbocycles. The van der Waals surface area contributed by atoms with Gasteiger partial charge in [-0.3, -0.25) is 4.79 Å². The monoisotopic (exact) mass is 203 g/mol. The molecule has 0 atom stereocenters. The van der Waals surface area contributed by atoms with Crippen molar-refractivity contribution in [3.8, 4) is 0 Å². The van der Waals surface area contributed by atoms with Gasteiger partial charge in [-0.1, -0.05) is 20.8 Å². The first-order valence-electron chi connectivity index (χ1n) is 4.83. The highest BCUT2D eigenvalue weighted by atomic mass is 16.1. The molecule has 15 heavy (non-hydrogen) atoms. The summed E-state index contributed by atoms with van der Waals surface area (Å²) in [7, 11) is 0. The van der Waals surface area contributed by atoms with Crippen LogP contribution in [0, 0.1) is 0 Å². The average molecular weight is 203 g/mol. The molecule has 78 valence electrons. The van der Waals surface area contributed by atoms with Crippen LogP contribution in [0.3, 0.4) is 0 Å². The van der Waals surface area contributed by atoms with Crippen molar-refractivity contribution in [2.75, 3.05) is 0 Å². The fraction of sp³-hybridized carbons (Fsp3) is 0.364. The summed E-state index contributed by atoms with van der Waals surface area (Å²) in [4.78, 5) is 22.3. The Bertz CT molecular complexity index is 551. The summed E-state index contributed by atoms with van der Waals surface area (Å²) in [5.41, 5.74) is 1.91. The zero-order chi connectivity index (χ0) is 11.1. The quantitative estimate of drug-likeness (QED) is 0.707. The fourth-order valence-electron chi connectivity index (χ4n) is 1.58. The van der Waals surface area contributed by atoms with E-state index in [1.54, 1.807) is 6.20 Å². The fourth-order valence-corrected chi connectivity index (χ4v) is 1.58. The van der Waals surface area contributed by atoms with Crippen LogP contribution in [0.5, 0.6) is 0 Å². The van der Waals surface area contributed by atoms with Gasteiger partial charge in [0.15, 0.2) is 5.52 Å². The zero-order valence-corrected chi connectivity index (χ0v) is 9.03. The van der Waals surface area contributed by atoms with Crippen LogP contribution in [0.15, 0.2) is 23.4 Å². The number of hydrogen-bond donors (Lipinski definition) is 1. The minimum atomic E-state index is -0.189. The van der Waals surface area contributed by atoms with Gasteiger partial charge in [-0.15, -0.1) is 0 Å². The van der Waals surface area contributed by atoms with Gasteiger partial charge in [0.2, 0.25) is 0 Å². The van der Waals surface area contributed by atoms with Crippen molar-refractivity contribution >= 4 is 11.0 Å². The first-order chi connectivity index (χ1) is 7.00. The van der Waals surface area contributed by atoms with Crippen LogP contribution < -0.4 is 5.56 Å². The van der Waals surface area contributed by atoms with Crippen LogP contribution in [-0.2, 0) is 5.41 Å². The second-order valence-corrected chi connectivity index (χ2v) is 4.54. The summed E-state index contributed by atoms with van der Waals surface area (Å²) < 4.78 is 0. The van der Waals surface area contributed by atoms with Crippen LogP contribution >= 0.6 is 0 Å². The smallest absolute Gasteiger partial charge is 0.277 e. The van der Waals surface area contributed by atoms with Gasteiger partial charge in [0.1, 0.15) is 0 Å². The SMILES string of the molecule is CC(C)(C)c1ccnc2c(=O)[nH]cnc12. The van der Waals surface area contributed by atoms with Gasteiger partial charge in [0.25, 0.3) is 5.56 Å². The number of pyridine rings is 1. The Labute approximate surface area is 87.4 Å². The maximum atomic E-state index is 11.5. The average Bonchev–Trinajstić information content (AvgIpc) is 2.16. The molecule has 4 nitrogen and oxygen atoms in total. The van der Waals surface area contributed by atoms with E-state index in [-0.39, 0.29) is 11.0 Å². The predicted molar refractivity (Wildman–Crippen MR) is 58.9 cm³/mol. The van der Waals surface area contributed by atoms with Gasteiger partial charge in [0.05, 0.1) is 11.8 Å². The number of nitrogens with one attached hydrogen (secondary N) is 1. The standard InChI is InChI=1S/C11H13N3O/c1-11(2,3)7-4-5-12-9-8(7)13-6-14-10(9)15/h4-6H,1-3H3,(H,13,14,15). The molecule has 2 rings (SSSR count). The van der Waals surface area contributed by atoms with Crippen molar-refractivity contribution in [3.05, 3.63) is 34.5 Å². The Hall–Kier alpha value is -1.71. The molecular formula is C11H13N3O. The molecule has 1 N–H and O–H groups in total. The second-order valence-electron chi connectivity index (χ2n) is 4.54.